The summed E-state index contributed by atoms with van der Waals surface area (Å²) in [6, 6.07) is 0. The van der Waals surface area contributed by atoms with Crippen molar-refractivity contribution in [2.24, 2.45) is 11.3 Å². The number of carbonyl (C=O) groups is 1. The number of ether oxygens (including phenoxy) is 1. The van der Waals surface area contributed by atoms with E-state index < -0.39 is 0 Å². The normalized spacial score (nSPS) is 23.6. The molecule has 3 nitrogen and oxygen atoms in total. The highest BCUT2D eigenvalue weighted by atomic mass is 16.5. The monoisotopic (exact) mass is 199 g/mol. The Morgan fingerprint density at radius 3 is 2.57 bits per heavy atom. The fourth-order valence-corrected chi connectivity index (χ4v) is 1.58. The predicted octanol–water partition coefficient (Wildman–Crippen LogP) is 1.57. The molecule has 14 heavy (non-hydrogen) atoms. The van der Waals surface area contributed by atoms with Crippen molar-refractivity contribution in [3.05, 3.63) is 0 Å². The summed E-state index contributed by atoms with van der Waals surface area (Å²) in [5.74, 6) is 0.577. The molecule has 0 heterocycles. The largest absolute Gasteiger partial charge is 0.462 e. The van der Waals surface area contributed by atoms with Gasteiger partial charge in [-0.25, -0.2) is 0 Å². The zero-order valence-corrected chi connectivity index (χ0v) is 9.59. The van der Waals surface area contributed by atoms with Gasteiger partial charge in [0.05, 0.1) is 12.6 Å². The number of nitrogens with one attached hydrogen (secondary N) is 1. The maximum Gasteiger partial charge on any atom is 0.320 e. The molecule has 1 saturated carbocycles. The molecular formula is C11H21NO2. The Labute approximate surface area is 86.2 Å². The quantitative estimate of drug-likeness (QED) is 0.683. The van der Waals surface area contributed by atoms with Crippen molar-refractivity contribution in [2.45, 2.75) is 40.2 Å². The first-order valence-electron chi connectivity index (χ1n) is 5.32. The van der Waals surface area contributed by atoms with Crippen molar-refractivity contribution in [1.82, 2.24) is 5.32 Å². The van der Waals surface area contributed by atoms with Crippen LogP contribution in [0.4, 0.5) is 0 Å². The summed E-state index contributed by atoms with van der Waals surface area (Å²) in [6.45, 7) is 9.51. The fraction of sp³-hybridized carbons (Fsp3) is 0.909. The van der Waals surface area contributed by atoms with Crippen molar-refractivity contribution in [1.29, 1.82) is 0 Å². The smallest absolute Gasteiger partial charge is 0.320 e. The highest BCUT2D eigenvalue weighted by molar-refractivity contribution is 5.71. The van der Waals surface area contributed by atoms with Crippen LogP contribution in [0.1, 0.15) is 34.1 Å². The highest BCUT2D eigenvalue weighted by Gasteiger charge is 2.44. The van der Waals surface area contributed by atoms with E-state index in [2.05, 4.69) is 19.2 Å². The van der Waals surface area contributed by atoms with Gasteiger partial charge >= 0.3 is 5.97 Å². The molecule has 0 aromatic carbocycles. The Morgan fingerprint density at radius 1 is 1.57 bits per heavy atom. The first-order valence-corrected chi connectivity index (χ1v) is 5.32. The lowest BCUT2D eigenvalue weighted by atomic mass is 10.1. The zero-order chi connectivity index (χ0) is 10.8. The van der Waals surface area contributed by atoms with Gasteiger partial charge in [-0.3, -0.25) is 4.79 Å². The summed E-state index contributed by atoms with van der Waals surface area (Å²) in [5.41, 5.74) is 0.481. The molecule has 1 rings (SSSR count). The predicted molar refractivity (Wildman–Crippen MR) is 56.0 cm³/mol. The number of hydrogen-bond donors (Lipinski definition) is 1. The molecule has 1 unspecified atom stereocenters. The van der Waals surface area contributed by atoms with Crippen LogP contribution in [-0.4, -0.2) is 25.2 Å². The summed E-state index contributed by atoms with van der Waals surface area (Å²) >= 11 is 0. The number of carbonyl (C=O) groups excluding carboxylic acids is 1. The Hall–Kier alpha value is -0.570. The molecule has 0 aliphatic heterocycles. The van der Waals surface area contributed by atoms with Crippen molar-refractivity contribution in [3.63, 3.8) is 0 Å². The van der Waals surface area contributed by atoms with E-state index in [0.29, 0.717) is 12.0 Å². The maximum atomic E-state index is 11.1. The Morgan fingerprint density at radius 2 is 2.14 bits per heavy atom. The van der Waals surface area contributed by atoms with E-state index in [1.165, 1.54) is 6.42 Å². The summed E-state index contributed by atoms with van der Waals surface area (Å²) in [5, 5.41) is 3.13. The van der Waals surface area contributed by atoms with E-state index in [-0.39, 0.29) is 12.1 Å². The van der Waals surface area contributed by atoms with Gasteiger partial charge in [-0.2, -0.15) is 0 Å². The minimum atomic E-state index is -0.154. The van der Waals surface area contributed by atoms with E-state index in [4.69, 9.17) is 4.74 Å². The van der Waals surface area contributed by atoms with Gasteiger partial charge in [-0.1, -0.05) is 13.8 Å². The number of rotatable bonds is 5. The van der Waals surface area contributed by atoms with Crippen molar-refractivity contribution in [2.75, 3.05) is 13.1 Å². The first-order chi connectivity index (χ1) is 6.42. The summed E-state index contributed by atoms with van der Waals surface area (Å²) < 4.78 is 5.00. The third-order valence-electron chi connectivity index (χ3n) is 2.74. The van der Waals surface area contributed by atoms with Crippen molar-refractivity contribution >= 4 is 5.97 Å². The zero-order valence-electron chi connectivity index (χ0n) is 9.59. The number of hydrogen-bond acceptors (Lipinski definition) is 3. The second kappa shape index (κ2) is 4.30. The Balaban J connectivity index is 2.02. The molecule has 0 spiro atoms. The summed E-state index contributed by atoms with van der Waals surface area (Å²) in [7, 11) is 0. The first kappa shape index (κ1) is 11.5. The van der Waals surface area contributed by atoms with E-state index in [9.17, 15) is 4.79 Å². The van der Waals surface area contributed by atoms with Gasteiger partial charge < -0.3 is 10.1 Å². The molecule has 1 aliphatic rings. The molecule has 1 aliphatic carbocycles. The lowest BCUT2D eigenvalue weighted by Crippen LogP contribution is -2.28. The van der Waals surface area contributed by atoms with E-state index in [1.54, 1.807) is 0 Å². The van der Waals surface area contributed by atoms with E-state index in [1.807, 2.05) is 13.8 Å². The highest BCUT2D eigenvalue weighted by Crippen LogP contribution is 2.50. The van der Waals surface area contributed by atoms with Gasteiger partial charge in [-0.05, 0) is 38.1 Å². The second-order valence-electron chi connectivity index (χ2n) is 5.06. The van der Waals surface area contributed by atoms with Gasteiger partial charge in [0.15, 0.2) is 0 Å². The van der Waals surface area contributed by atoms with Gasteiger partial charge in [-0.15, -0.1) is 0 Å². The molecule has 1 atom stereocenters. The van der Waals surface area contributed by atoms with Crippen molar-refractivity contribution in [3.8, 4) is 0 Å². The van der Waals surface area contributed by atoms with Crippen LogP contribution < -0.4 is 5.32 Å². The molecule has 82 valence electrons. The SMILES string of the molecule is CC(C)OC(=O)CNCC1CC1(C)C. The minimum absolute atomic E-state index is 0.0123. The van der Waals surface area contributed by atoms with Crippen LogP contribution in [0, 0.1) is 11.3 Å². The number of esters is 1. The third kappa shape index (κ3) is 3.66. The lowest BCUT2D eigenvalue weighted by Gasteiger charge is -2.09. The summed E-state index contributed by atoms with van der Waals surface area (Å²) in [4.78, 5) is 11.1. The molecule has 0 aromatic heterocycles. The standard InChI is InChI=1S/C11H21NO2/c1-8(2)14-10(13)7-12-6-9-5-11(9,3)4/h8-9,12H,5-7H2,1-4H3. The fourth-order valence-electron chi connectivity index (χ4n) is 1.58. The molecule has 0 aromatic rings. The Kier molecular flexibility index (Phi) is 3.53. The summed E-state index contributed by atoms with van der Waals surface area (Å²) in [6.07, 6.45) is 1.25. The van der Waals surface area contributed by atoms with Gasteiger partial charge in [0, 0.05) is 0 Å². The van der Waals surface area contributed by atoms with Gasteiger partial charge in [0.2, 0.25) is 0 Å². The average molecular weight is 199 g/mol. The molecule has 3 heteroatoms. The van der Waals surface area contributed by atoms with Crippen LogP contribution in [0.25, 0.3) is 0 Å². The molecule has 1 N–H and O–H groups in total. The van der Waals surface area contributed by atoms with E-state index in [0.717, 1.165) is 12.5 Å². The van der Waals surface area contributed by atoms with Crippen LogP contribution in [0.5, 0.6) is 0 Å². The lowest BCUT2D eigenvalue weighted by molar-refractivity contribution is -0.146. The van der Waals surface area contributed by atoms with Crippen molar-refractivity contribution < 1.29 is 9.53 Å². The molecule has 0 saturated heterocycles. The molecule has 0 amide bonds. The maximum absolute atomic E-state index is 11.1. The average Bonchev–Trinajstić information content (AvgIpc) is 2.57. The van der Waals surface area contributed by atoms with Crippen LogP contribution in [-0.2, 0) is 9.53 Å². The second-order valence-corrected chi connectivity index (χ2v) is 5.06. The van der Waals surface area contributed by atoms with E-state index >= 15 is 0 Å². The minimum Gasteiger partial charge on any atom is -0.462 e. The molecule has 0 bridgehead atoms. The van der Waals surface area contributed by atoms with Crippen LogP contribution in [0.15, 0.2) is 0 Å². The van der Waals surface area contributed by atoms with Crippen LogP contribution >= 0.6 is 0 Å². The Bertz CT molecular complexity index is 211. The van der Waals surface area contributed by atoms with Gasteiger partial charge in [0.1, 0.15) is 0 Å². The topological polar surface area (TPSA) is 38.3 Å². The van der Waals surface area contributed by atoms with Gasteiger partial charge in [0.25, 0.3) is 0 Å². The van der Waals surface area contributed by atoms with Crippen LogP contribution in [0.3, 0.4) is 0 Å². The third-order valence-corrected chi connectivity index (χ3v) is 2.74. The molecule has 1 fully saturated rings. The molecule has 0 radical (unpaired) electrons. The van der Waals surface area contributed by atoms with Crippen LogP contribution in [0.2, 0.25) is 0 Å². The molecular weight excluding hydrogens is 178 g/mol.